The first-order valence-electron chi connectivity index (χ1n) is 8.92. The van der Waals surface area contributed by atoms with Gasteiger partial charge in [-0.3, -0.25) is 4.98 Å². The molecule has 1 aromatic heterocycles. The van der Waals surface area contributed by atoms with Gasteiger partial charge in [-0.05, 0) is 42.5 Å². The summed E-state index contributed by atoms with van der Waals surface area (Å²) in [6, 6.07) is 16.3. The Kier molecular flexibility index (Phi) is 6.84. The van der Waals surface area contributed by atoms with E-state index >= 15 is 0 Å². The zero-order valence-electron chi connectivity index (χ0n) is 16.2. The Morgan fingerprint density at radius 2 is 1.83 bits per heavy atom. The average Bonchev–Trinajstić information content (AvgIpc) is 2.77. The summed E-state index contributed by atoms with van der Waals surface area (Å²) >= 11 is 0. The molecule has 3 rings (SSSR count). The van der Waals surface area contributed by atoms with E-state index in [0.29, 0.717) is 28.6 Å². The highest BCUT2D eigenvalue weighted by atomic mass is 16.5. The molecular weight excluding hydrogens is 370 g/mol. The number of carbonyl (C=O) groups is 1. The fourth-order valence-electron chi connectivity index (χ4n) is 2.58. The van der Waals surface area contributed by atoms with E-state index in [9.17, 15) is 4.79 Å². The number of pyridine rings is 1. The largest absolute Gasteiger partial charge is 0.497 e. The number of nitrogens with zero attached hydrogens (tertiary/aromatic N) is 1. The van der Waals surface area contributed by atoms with Gasteiger partial charge in [0.25, 0.3) is 0 Å². The zero-order chi connectivity index (χ0) is 20.5. The lowest BCUT2D eigenvalue weighted by atomic mass is 10.1. The number of carbonyl (C=O) groups excluding carboxylic acids is 1. The van der Waals surface area contributed by atoms with Gasteiger partial charge in [0.2, 0.25) is 0 Å². The number of esters is 1. The molecule has 1 heterocycles. The van der Waals surface area contributed by atoms with Crippen LogP contribution in [0.15, 0.2) is 73.1 Å². The Morgan fingerprint density at radius 3 is 2.59 bits per heavy atom. The molecule has 148 valence electrons. The number of para-hydroxylation sites is 1. The smallest absolute Gasteiger partial charge is 0.331 e. The van der Waals surface area contributed by atoms with Gasteiger partial charge in [-0.15, -0.1) is 0 Å². The highest BCUT2D eigenvalue weighted by Crippen LogP contribution is 2.26. The summed E-state index contributed by atoms with van der Waals surface area (Å²) in [4.78, 5) is 16.2. The van der Waals surface area contributed by atoms with E-state index in [1.54, 1.807) is 63.0 Å². The maximum Gasteiger partial charge on any atom is 0.331 e. The lowest BCUT2D eigenvalue weighted by molar-refractivity contribution is -0.138. The molecule has 0 unspecified atom stereocenters. The second-order valence-electron chi connectivity index (χ2n) is 5.95. The van der Waals surface area contributed by atoms with Crippen molar-refractivity contribution in [2.75, 3.05) is 14.2 Å². The van der Waals surface area contributed by atoms with Gasteiger partial charge in [-0.1, -0.05) is 18.2 Å². The Hall–Kier alpha value is -3.80. The van der Waals surface area contributed by atoms with Gasteiger partial charge in [-0.25, -0.2) is 4.79 Å². The molecule has 0 fully saturated rings. The van der Waals surface area contributed by atoms with Crippen molar-refractivity contribution < 1.29 is 23.7 Å². The van der Waals surface area contributed by atoms with Crippen molar-refractivity contribution in [2.24, 2.45) is 0 Å². The van der Waals surface area contributed by atoms with E-state index in [2.05, 4.69) is 4.98 Å². The first-order chi connectivity index (χ1) is 14.2. The molecule has 0 amide bonds. The summed E-state index contributed by atoms with van der Waals surface area (Å²) in [5.41, 5.74) is 1.46. The van der Waals surface area contributed by atoms with Crippen molar-refractivity contribution in [2.45, 2.75) is 6.61 Å². The fourth-order valence-corrected chi connectivity index (χ4v) is 2.58. The lowest BCUT2D eigenvalue weighted by Gasteiger charge is -2.11. The Balaban J connectivity index is 1.65. The van der Waals surface area contributed by atoms with Crippen molar-refractivity contribution in [1.29, 1.82) is 0 Å². The molecule has 6 nitrogen and oxygen atoms in total. The number of ether oxygens (including phenoxy) is 4. The molecule has 29 heavy (non-hydrogen) atoms. The third kappa shape index (κ3) is 5.59. The van der Waals surface area contributed by atoms with E-state index in [1.165, 1.54) is 6.08 Å². The van der Waals surface area contributed by atoms with Crippen LogP contribution in [0.4, 0.5) is 0 Å². The Morgan fingerprint density at radius 1 is 0.966 bits per heavy atom. The normalized spacial score (nSPS) is 10.6. The number of hydrogen-bond acceptors (Lipinski definition) is 6. The Bertz CT molecular complexity index is 986. The molecule has 0 aliphatic rings. The minimum Gasteiger partial charge on any atom is -0.497 e. The van der Waals surface area contributed by atoms with Gasteiger partial charge < -0.3 is 18.9 Å². The fraction of sp³-hybridized carbons (Fsp3) is 0.130. The molecule has 2 aromatic carbocycles. The van der Waals surface area contributed by atoms with Crippen LogP contribution in [-0.2, 0) is 16.1 Å². The van der Waals surface area contributed by atoms with Crippen LogP contribution in [0.3, 0.4) is 0 Å². The summed E-state index contributed by atoms with van der Waals surface area (Å²) in [6.07, 6.45) is 6.26. The summed E-state index contributed by atoms with van der Waals surface area (Å²) in [5, 5.41) is 0. The second-order valence-corrected chi connectivity index (χ2v) is 5.95. The lowest BCUT2D eigenvalue weighted by Crippen LogP contribution is -2.02. The third-order valence-corrected chi connectivity index (χ3v) is 4.04. The molecular formula is C23H21NO5. The van der Waals surface area contributed by atoms with E-state index in [4.69, 9.17) is 18.9 Å². The molecule has 3 aromatic rings. The average molecular weight is 391 g/mol. The molecule has 0 bridgehead atoms. The number of methoxy groups -OCH3 is 2. The van der Waals surface area contributed by atoms with Gasteiger partial charge in [0, 0.05) is 23.4 Å². The number of hydrogen-bond donors (Lipinski definition) is 0. The quantitative estimate of drug-likeness (QED) is 0.411. The SMILES string of the molecule is COc1ccc(OC)c(/C=C/C(=O)OCc2ccccc2Oc2cccnc2)c1. The van der Waals surface area contributed by atoms with Crippen molar-refractivity contribution in [3.05, 3.63) is 84.2 Å². The van der Waals surface area contributed by atoms with E-state index in [1.807, 2.05) is 24.3 Å². The summed E-state index contributed by atoms with van der Waals surface area (Å²) in [5.74, 6) is 2.03. The van der Waals surface area contributed by atoms with Crippen molar-refractivity contribution in [3.63, 3.8) is 0 Å². The second kappa shape index (κ2) is 9.94. The number of rotatable bonds is 8. The summed E-state index contributed by atoms with van der Waals surface area (Å²) < 4.78 is 21.7. The predicted molar refractivity (Wildman–Crippen MR) is 109 cm³/mol. The Labute approximate surface area is 169 Å². The van der Waals surface area contributed by atoms with Crippen LogP contribution < -0.4 is 14.2 Å². The van der Waals surface area contributed by atoms with Crippen LogP contribution in [0.5, 0.6) is 23.0 Å². The van der Waals surface area contributed by atoms with E-state index in [0.717, 1.165) is 5.56 Å². The van der Waals surface area contributed by atoms with Crippen LogP contribution >= 0.6 is 0 Å². The monoisotopic (exact) mass is 391 g/mol. The summed E-state index contributed by atoms with van der Waals surface area (Å²) in [7, 11) is 3.14. The molecule has 0 saturated heterocycles. The first-order valence-corrected chi connectivity index (χ1v) is 8.92. The van der Waals surface area contributed by atoms with Crippen molar-refractivity contribution in [1.82, 2.24) is 4.98 Å². The predicted octanol–water partition coefficient (Wildman–Crippen LogP) is 4.65. The minimum absolute atomic E-state index is 0.0782. The first kappa shape index (κ1) is 19.9. The van der Waals surface area contributed by atoms with E-state index in [-0.39, 0.29) is 6.61 Å². The molecule has 0 radical (unpaired) electrons. The van der Waals surface area contributed by atoms with Gasteiger partial charge in [-0.2, -0.15) is 0 Å². The molecule has 0 spiro atoms. The van der Waals surface area contributed by atoms with Gasteiger partial charge in [0.1, 0.15) is 29.6 Å². The molecule has 0 saturated carbocycles. The van der Waals surface area contributed by atoms with Crippen LogP contribution in [0.1, 0.15) is 11.1 Å². The van der Waals surface area contributed by atoms with Gasteiger partial charge in [0.15, 0.2) is 0 Å². The van der Waals surface area contributed by atoms with Crippen molar-refractivity contribution in [3.8, 4) is 23.0 Å². The van der Waals surface area contributed by atoms with Crippen LogP contribution in [0.2, 0.25) is 0 Å². The third-order valence-electron chi connectivity index (χ3n) is 4.04. The van der Waals surface area contributed by atoms with Crippen LogP contribution in [-0.4, -0.2) is 25.2 Å². The highest BCUT2D eigenvalue weighted by Gasteiger charge is 2.08. The highest BCUT2D eigenvalue weighted by molar-refractivity contribution is 5.87. The van der Waals surface area contributed by atoms with Crippen LogP contribution in [0, 0.1) is 0 Å². The molecule has 0 aliphatic carbocycles. The zero-order valence-corrected chi connectivity index (χ0v) is 16.2. The topological polar surface area (TPSA) is 66.9 Å². The maximum absolute atomic E-state index is 12.2. The van der Waals surface area contributed by atoms with Crippen LogP contribution in [0.25, 0.3) is 6.08 Å². The van der Waals surface area contributed by atoms with Crippen molar-refractivity contribution >= 4 is 12.0 Å². The minimum atomic E-state index is -0.481. The molecule has 0 N–H and O–H groups in total. The standard InChI is InChI=1S/C23H21NO5/c1-26-19-10-11-21(27-2)17(14-19)9-12-23(25)28-16-18-6-3-4-8-22(18)29-20-7-5-13-24-15-20/h3-15H,16H2,1-2H3/b12-9+. The molecule has 0 atom stereocenters. The van der Waals surface area contributed by atoms with E-state index < -0.39 is 5.97 Å². The molecule has 6 heteroatoms. The molecule has 0 aliphatic heterocycles. The maximum atomic E-state index is 12.2. The summed E-state index contributed by atoms with van der Waals surface area (Å²) in [6.45, 7) is 0.0782. The van der Waals surface area contributed by atoms with Gasteiger partial charge in [0.05, 0.1) is 20.4 Å². The number of benzene rings is 2. The van der Waals surface area contributed by atoms with Gasteiger partial charge >= 0.3 is 5.97 Å². The number of aromatic nitrogens is 1.